The average Bonchev–Trinajstić information content (AvgIpc) is 2.96. The Bertz CT molecular complexity index is 891. The minimum atomic E-state index is -0.363. The van der Waals surface area contributed by atoms with Crippen LogP contribution in [0.3, 0.4) is 0 Å². The molecule has 0 unspecified atom stereocenters. The van der Waals surface area contributed by atoms with Gasteiger partial charge in [-0.05, 0) is 42.5 Å². The SMILES string of the molecule is O=C1C[C@H]([NH+]2CCN(c3ccc(Cl)cc3)CC2)C(=O)N1c1cc(Cl)cc(Cl)c1. The van der Waals surface area contributed by atoms with Crippen LogP contribution in [-0.4, -0.2) is 44.0 Å². The first-order chi connectivity index (χ1) is 13.4. The molecule has 2 aliphatic rings. The smallest absolute Gasteiger partial charge is 0.292 e. The first-order valence-corrected chi connectivity index (χ1v) is 10.2. The van der Waals surface area contributed by atoms with Crippen LogP contribution in [0.15, 0.2) is 42.5 Å². The molecule has 0 radical (unpaired) electrons. The molecule has 0 aliphatic carbocycles. The molecule has 4 rings (SSSR count). The molecule has 2 aromatic carbocycles. The number of rotatable bonds is 3. The van der Waals surface area contributed by atoms with E-state index in [1.165, 1.54) is 4.90 Å². The number of benzene rings is 2. The lowest BCUT2D eigenvalue weighted by Crippen LogP contribution is -3.19. The van der Waals surface area contributed by atoms with Crippen molar-refractivity contribution < 1.29 is 14.5 Å². The Balaban J connectivity index is 1.45. The summed E-state index contributed by atoms with van der Waals surface area (Å²) in [4.78, 5) is 30.2. The van der Waals surface area contributed by atoms with Crippen LogP contribution in [0.5, 0.6) is 0 Å². The van der Waals surface area contributed by atoms with Gasteiger partial charge in [-0.3, -0.25) is 9.59 Å². The molecule has 8 heteroatoms. The lowest BCUT2D eigenvalue weighted by molar-refractivity contribution is -0.915. The molecule has 2 aliphatic heterocycles. The Morgan fingerprint density at radius 2 is 1.43 bits per heavy atom. The van der Waals surface area contributed by atoms with Gasteiger partial charge in [0.05, 0.1) is 38.3 Å². The van der Waals surface area contributed by atoms with E-state index in [-0.39, 0.29) is 24.3 Å². The molecule has 28 heavy (non-hydrogen) atoms. The molecular weight excluding hydrogens is 421 g/mol. The predicted octanol–water partition coefficient (Wildman–Crippen LogP) is 2.68. The first kappa shape index (κ1) is 19.5. The number of nitrogens with one attached hydrogen (secondary N) is 1. The third kappa shape index (κ3) is 3.85. The van der Waals surface area contributed by atoms with Gasteiger partial charge in [0.15, 0.2) is 6.04 Å². The van der Waals surface area contributed by atoms with E-state index in [2.05, 4.69) is 4.90 Å². The highest BCUT2D eigenvalue weighted by molar-refractivity contribution is 6.35. The predicted molar refractivity (Wildman–Crippen MR) is 112 cm³/mol. The van der Waals surface area contributed by atoms with Crippen LogP contribution in [0.2, 0.25) is 15.1 Å². The summed E-state index contributed by atoms with van der Waals surface area (Å²) in [5.74, 6) is -0.390. The van der Waals surface area contributed by atoms with Gasteiger partial charge in [0, 0.05) is 20.8 Å². The molecule has 1 atom stereocenters. The number of nitrogens with zero attached hydrogens (tertiary/aromatic N) is 2. The van der Waals surface area contributed by atoms with Crippen molar-refractivity contribution in [1.29, 1.82) is 0 Å². The number of carbonyl (C=O) groups excluding carboxylic acids is 2. The molecule has 0 bridgehead atoms. The zero-order chi connectivity index (χ0) is 19.8. The summed E-state index contributed by atoms with van der Waals surface area (Å²) in [5, 5.41) is 1.51. The number of imide groups is 1. The van der Waals surface area contributed by atoms with Gasteiger partial charge >= 0.3 is 0 Å². The van der Waals surface area contributed by atoms with E-state index in [0.717, 1.165) is 36.8 Å². The third-order valence-electron chi connectivity index (χ3n) is 5.34. The average molecular weight is 440 g/mol. The van der Waals surface area contributed by atoms with E-state index in [1.54, 1.807) is 18.2 Å². The van der Waals surface area contributed by atoms with Crippen molar-refractivity contribution in [2.45, 2.75) is 12.5 Å². The summed E-state index contributed by atoms with van der Waals surface area (Å²) in [5.41, 5.74) is 1.56. The molecule has 0 aromatic heterocycles. The number of quaternary nitrogens is 1. The van der Waals surface area contributed by atoms with E-state index >= 15 is 0 Å². The maximum atomic E-state index is 13.0. The van der Waals surface area contributed by atoms with Gasteiger partial charge in [0.2, 0.25) is 5.91 Å². The molecule has 146 valence electrons. The second-order valence-electron chi connectivity index (χ2n) is 7.07. The fourth-order valence-corrected chi connectivity index (χ4v) is 4.58. The molecule has 5 nitrogen and oxygen atoms in total. The number of halogens is 3. The molecule has 0 saturated carbocycles. The van der Waals surface area contributed by atoms with Crippen LogP contribution >= 0.6 is 34.8 Å². The van der Waals surface area contributed by atoms with Crippen molar-refractivity contribution in [3.8, 4) is 0 Å². The zero-order valence-corrected chi connectivity index (χ0v) is 17.3. The number of piperazine rings is 1. The van der Waals surface area contributed by atoms with Crippen LogP contribution in [-0.2, 0) is 9.59 Å². The number of hydrogen-bond donors (Lipinski definition) is 1. The van der Waals surface area contributed by atoms with E-state index in [1.807, 2.05) is 24.3 Å². The lowest BCUT2D eigenvalue weighted by atomic mass is 10.1. The Morgan fingerprint density at radius 1 is 0.821 bits per heavy atom. The summed E-state index contributed by atoms with van der Waals surface area (Å²) in [7, 11) is 0. The Morgan fingerprint density at radius 3 is 2.04 bits per heavy atom. The summed E-state index contributed by atoms with van der Waals surface area (Å²) < 4.78 is 0. The lowest BCUT2D eigenvalue weighted by Gasteiger charge is -2.35. The second-order valence-corrected chi connectivity index (χ2v) is 8.38. The van der Waals surface area contributed by atoms with Gasteiger partial charge in [-0.1, -0.05) is 34.8 Å². The molecule has 2 saturated heterocycles. The topological polar surface area (TPSA) is 45.1 Å². The van der Waals surface area contributed by atoms with Gasteiger partial charge in [-0.25, -0.2) is 4.90 Å². The number of amides is 2. The Kier molecular flexibility index (Phi) is 5.52. The van der Waals surface area contributed by atoms with E-state index < -0.39 is 0 Å². The van der Waals surface area contributed by atoms with Gasteiger partial charge in [-0.2, -0.15) is 0 Å². The van der Waals surface area contributed by atoms with E-state index in [0.29, 0.717) is 20.8 Å². The summed E-state index contributed by atoms with van der Waals surface area (Å²) in [6.07, 6.45) is 0.208. The zero-order valence-electron chi connectivity index (χ0n) is 15.0. The van der Waals surface area contributed by atoms with Crippen LogP contribution < -0.4 is 14.7 Å². The number of anilines is 2. The van der Waals surface area contributed by atoms with Crippen molar-refractivity contribution in [3.05, 3.63) is 57.5 Å². The van der Waals surface area contributed by atoms with Crippen molar-refractivity contribution in [3.63, 3.8) is 0 Å². The molecule has 2 heterocycles. The maximum absolute atomic E-state index is 13.0. The van der Waals surface area contributed by atoms with Gasteiger partial charge < -0.3 is 9.80 Å². The molecule has 2 amide bonds. The number of hydrogen-bond acceptors (Lipinski definition) is 3. The molecule has 0 spiro atoms. The molecular formula is C20H19Cl3N3O2+. The molecule has 2 fully saturated rings. The first-order valence-electron chi connectivity index (χ1n) is 9.10. The fourth-order valence-electron chi connectivity index (χ4n) is 3.94. The van der Waals surface area contributed by atoms with Gasteiger partial charge in [-0.15, -0.1) is 0 Å². The largest absolute Gasteiger partial charge is 0.360 e. The van der Waals surface area contributed by atoms with Crippen molar-refractivity contribution in [1.82, 2.24) is 0 Å². The fraction of sp³-hybridized carbons (Fsp3) is 0.300. The highest BCUT2D eigenvalue weighted by Crippen LogP contribution is 2.29. The van der Waals surface area contributed by atoms with Crippen molar-refractivity contribution in [2.24, 2.45) is 0 Å². The maximum Gasteiger partial charge on any atom is 0.292 e. The van der Waals surface area contributed by atoms with Gasteiger partial charge in [0.25, 0.3) is 5.91 Å². The van der Waals surface area contributed by atoms with Crippen LogP contribution in [0.25, 0.3) is 0 Å². The van der Waals surface area contributed by atoms with Crippen molar-refractivity contribution >= 4 is 58.0 Å². The quantitative estimate of drug-likeness (QED) is 0.748. The highest BCUT2D eigenvalue weighted by Gasteiger charge is 2.46. The van der Waals surface area contributed by atoms with Crippen molar-refractivity contribution in [2.75, 3.05) is 36.0 Å². The monoisotopic (exact) mass is 438 g/mol. The van der Waals surface area contributed by atoms with E-state index in [4.69, 9.17) is 34.8 Å². The summed E-state index contributed by atoms with van der Waals surface area (Å²) >= 11 is 18.0. The third-order valence-corrected chi connectivity index (χ3v) is 6.03. The van der Waals surface area contributed by atoms with E-state index in [9.17, 15) is 9.59 Å². The minimum Gasteiger partial charge on any atom is -0.360 e. The standard InChI is InChI=1S/C20H18Cl3N3O2/c21-13-1-3-16(4-2-13)24-5-7-25(8-6-24)18-12-19(27)26(20(18)28)17-10-14(22)9-15(23)11-17/h1-4,9-11,18H,5-8,12H2/p+1/t18-/m0/s1. The summed E-state index contributed by atoms with van der Waals surface area (Å²) in [6, 6.07) is 12.2. The molecule has 2 aromatic rings. The van der Waals surface area contributed by atoms with Crippen LogP contribution in [0.4, 0.5) is 11.4 Å². The minimum absolute atomic E-state index is 0.182. The van der Waals surface area contributed by atoms with Crippen LogP contribution in [0, 0.1) is 0 Å². The number of carbonyl (C=O) groups is 2. The van der Waals surface area contributed by atoms with Gasteiger partial charge in [0.1, 0.15) is 0 Å². The summed E-state index contributed by atoms with van der Waals surface area (Å²) in [6.45, 7) is 3.21. The second kappa shape index (κ2) is 7.91. The normalized spacial score (nSPS) is 20.9. The highest BCUT2D eigenvalue weighted by atomic mass is 35.5. The molecule has 1 N–H and O–H groups in total. The Hall–Kier alpha value is -1.79. The Labute approximate surface area is 178 Å². The van der Waals surface area contributed by atoms with Crippen LogP contribution in [0.1, 0.15) is 6.42 Å².